The van der Waals surface area contributed by atoms with Crippen LogP contribution in [0.15, 0.2) is 66.7 Å². The third-order valence-corrected chi connectivity index (χ3v) is 11.9. The van der Waals surface area contributed by atoms with Gasteiger partial charge in [0.05, 0.1) is 28.4 Å². The number of ether oxygens (including phenoxy) is 4. The molecule has 3 aromatic carbocycles. The van der Waals surface area contributed by atoms with E-state index in [2.05, 4.69) is 30.5 Å². The van der Waals surface area contributed by atoms with E-state index in [4.69, 9.17) is 18.9 Å². The van der Waals surface area contributed by atoms with E-state index in [1.54, 1.807) is 39.8 Å². The van der Waals surface area contributed by atoms with Gasteiger partial charge in [-0.3, -0.25) is 0 Å². The molecule has 0 fully saturated rings. The van der Waals surface area contributed by atoms with Crippen LogP contribution in [0.1, 0.15) is 0 Å². The van der Waals surface area contributed by atoms with E-state index in [9.17, 15) is 0 Å². The van der Waals surface area contributed by atoms with E-state index in [0.717, 1.165) is 33.6 Å². The zero-order chi connectivity index (χ0) is 20.9. The average Bonchev–Trinajstić information content (AvgIpc) is 2.80. The smallest absolute Gasteiger partial charge is 0.199 e. The van der Waals surface area contributed by atoms with Gasteiger partial charge in [0.1, 0.15) is 5.30 Å². The second-order valence-corrected chi connectivity index (χ2v) is 11.9. The lowest BCUT2D eigenvalue weighted by molar-refractivity contribution is 0.399. The average molecular weight is 429 g/mol. The van der Waals surface area contributed by atoms with Crippen molar-refractivity contribution in [1.82, 2.24) is 0 Å². The van der Waals surface area contributed by atoms with E-state index < -0.39 is 6.46 Å². The van der Waals surface area contributed by atoms with Crippen molar-refractivity contribution < 1.29 is 18.9 Å². The van der Waals surface area contributed by atoms with Crippen LogP contribution >= 0.6 is 17.8 Å². The van der Waals surface area contributed by atoms with Crippen molar-refractivity contribution >= 4 is 33.8 Å². The molecule has 0 aromatic heterocycles. The molecule has 0 atom stereocenters. The third kappa shape index (κ3) is 3.65. The van der Waals surface area contributed by atoms with E-state index in [0.29, 0.717) is 0 Å². The zero-order valence-electron chi connectivity index (χ0n) is 17.3. The van der Waals surface area contributed by atoms with Gasteiger partial charge in [-0.2, -0.15) is 0 Å². The molecule has 0 heterocycles. The molecule has 0 N–H and O–H groups in total. The van der Waals surface area contributed by atoms with E-state index >= 15 is 0 Å². The minimum atomic E-state index is -2.33. The number of methoxy groups -OCH3 is 4. The summed E-state index contributed by atoms with van der Waals surface area (Å²) >= 11 is 1.79. The molecule has 0 amide bonds. The normalized spacial score (nSPS) is 11.1. The van der Waals surface area contributed by atoms with Gasteiger partial charge in [-0.25, -0.2) is 0 Å². The standard InChI is InChI=1S/C23H26O4PS/c1-24-18-13-9-14-19(25-2)22(18)28(29-5,17-11-7-6-8-12-17)23-20(26-3)15-10-16-21(23)27-4/h6-16H,1-5H3/q+1. The molecule has 3 aromatic rings. The van der Waals surface area contributed by atoms with Crippen molar-refractivity contribution in [2.45, 2.75) is 0 Å². The maximum atomic E-state index is 5.84. The molecule has 0 spiro atoms. The minimum absolute atomic E-state index is 0.781. The summed E-state index contributed by atoms with van der Waals surface area (Å²) in [7, 11) is 6.77. The highest BCUT2D eigenvalue weighted by Crippen LogP contribution is 2.70. The predicted molar refractivity (Wildman–Crippen MR) is 125 cm³/mol. The van der Waals surface area contributed by atoms with Crippen molar-refractivity contribution in [3.63, 3.8) is 0 Å². The molecule has 0 bridgehead atoms. The Bertz CT molecular complexity index is 862. The Kier molecular flexibility index (Phi) is 6.94. The molecule has 0 saturated carbocycles. The van der Waals surface area contributed by atoms with Gasteiger partial charge in [0, 0.05) is 17.6 Å². The lowest BCUT2D eigenvalue weighted by Gasteiger charge is -2.29. The van der Waals surface area contributed by atoms with Crippen molar-refractivity contribution in [2.75, 3.05) is 34.7 Å². The van der Waals surface area contributed by atoms with Crippen molar-refractivity contribution in [1.29, 1.82) is 0 Å². The van der Waals surface area contributed by atoms with Crippen LogP contribution in [0.4, 0.5) is 0 Å². The highest BCUT2D eigenvalue weighted by Gasteiger charge is 2.54. The molecular formula is C23H26O4PS+. The number of rotatable bonds is 8. The molecule has 0 unspecified atom stereocenters. The van der Waals surface area contributed by atoms with Crippen LogP contribution in [0.2, 0.25) is 0 Å². The predicted octanol–water partition coefficient (Wildman–Crippen LogP) is 4.29. The van der Waals surface area contributed by atoms with Gasteiger partial charge >= 0.3 is 0 Å². The molecule has 4 nitrogen and oxygen atoms in total. The fraction of sp³-hybridized carbons (Fsp3) is 0.217. The summed E-state index contributed by atoms with van der Waals surface area (Å²) in [4.78, 5) is 0. The minimum Gasteiger partial charge on any atom is -0.492 e. The number of benzene rings is 3. The monoisotopic (exact) mass is 429 g/mol. The lowest BCUT2D eigenvalue weighted by Crippen LogP contribution is -2.32. The Balaban J connectivity index is 2.54. The Morgan fingerprint density at radius 2 is 0.931 bits per heavy atom. The Morgan fingerprint density at radius 1 is 0.552 bits per heavy atom. The molecule has 29 heavy (non-hydrogen) atoms. The quantitative estimate of drug-likeness (QED) is 0.500. The highest BCUT2D eigenvalue weighted by molar-refractivity contribution is 8.69. The van der Waals surface area contributed by atoms with Crippen molar-refractivity contribution in [3.8, 4) is 23.0 Å². The molecule has 152 valence electrons. The van der Waals surface area contributed by atoms with Gasteiger partial charge in [-0.05, 0) is 36.4 Å². The summed E-state index contributed by atoms with van der Waals surface area (Å²) in [6, 6.07) is 22.3. The molecule has 0 saturated heterocycles. The Morgan fingerprint density at radius 3 is 1.24 bits per heavy atom. The van der Waals surface area contributed by atoms with E-state index in [1.165, 1.54) is 5.30 Å². The second-order valence-electron chi connectivity index (χ2n) is 6.15. The van der Waals surface area contributed by atoms with Crippen LogP contribution in [0.5, 0.6) is 23.0 Å². The SMILES string of the molecule is COc1cccc(OC)c1[P+](SC)(c1ccccc1)c1c(OC)cccc1OC. The van der Waals surface area contributed by atoms with Crippen LogP contribution in [0.25, 0.3) is 0 Å². The summed E-state index contributed by atoms with van der Waals surface area (Å²) in [5.41, 5.74) is 0. The summed E-state index contributed by atoms with van der Waals surface area (Å²) < 4.78 is 23.4. The Hall–Kier alpha value is -2.36. The van der Waals surface area contributed by atoms with Crippen LogP contribution < -0.4 is 34.9 Å². The van der Waals surface area contributed by atoms with Crippen LogP contribution in [-0.2, 0) is 0 Å². The molecular weight excluding hydrogens is 403 g/mol. The molecule has 0 radical (unpaired) electrons. The summed E-state index contributed by atoms with van der Waals surface area (Å²) in [6.45, 7) is -2.33. The van der Waals surface area contributed by atoms with Crippen molar-refractivity contribution in [3.05, 3.63) is 66.7 Å². The first-order valence-electron chi connectivity index (χ1n) is 9.11. The van der Waals surface area contributed by atoms with Crippen LogP contribution in [0, 0.1) is 0 Å². The van der Waals surface area contributed by atoms with Gasteiger partial charge in [0.15, 0.2) is 40.1 Å². The van der Waals surface area contributed by atoms with Crippen LogP contribution in [0.3, 0.4) is 0 Å². The molecule has 6 heteroatoms. The van der Waals surface area contributed by atoms with Gasteiger partial charge < -0.3 is 18.9 Å². The fourth-order valence-corrected chi connectivity index (χ4v) is 10.6. The fourth-order valence-electron chi connectivity index (χ4n) is 3.58. The Labute approximate surface area is 177 Å². The van der Waals surface area contributed by atoms with Crippen molar-refractivity contribution in [2.24, 2.45) is 0 Å². The first kappa shape index (κ1) is 21.4. The van der Waals surface area contributed by atoms with Gasteiger partial charge in [-0.15, -0.1) is 0 Å². The van der Waals surface area contributed by atoms with E-state index in [-0.39, 0.29) is 0 Å². The number of hydrogen-bond acceptors (Lipinski definition) is 5. The van der Waals surface area contributed by atoms with E-state index in [1.807, 2.05) is 42.5 Å². The molecule has 0 aliphatic carbocycles. The second kappa shape index (κ2) is 9.43. The lowest BCUT2D eigenvalue weighted by atomic mass is 10.3. The first-order chi connectivity index (χ1) is 14.2. The topological polar surface area (TPSA) is 36.9 Å². The first-order valence-corrected chi connectivity index (χ1v) is 12.7. The largest absolute Gasteiger partial charge is 0.492 e. The van der Waals surface area contributed by atoms with Gasteiger partial charge in [0.2, 0.25) is 0 Å². The summed E-state index contributed by atoms with van der Waals surface area (Å²) in [5, 5.41) is 3.22. The zero-order valence-corrected chi connectivity index (χ0v) is 19.1. The molecule has 0 aliphatic heterocycles. The summed E-state index contributed by atoms with van der Waals surface area (Å²) in [6.07, 6.45) is 2.12. The number of hydrogen-bond donors (Lipinski definition) is 0. The maximum Gasteiger partial charge on any atom is 0.199 e. The molecule has 3 rings (SSSR count). The maximum absolute atomic E-state index is 5.84. The van der Waals surface area contributed by atoms with Crippen LogP contribution in [-0.4, -0.2) is 34.7 Å². The van der Waals surface area contributed by atoms with Gasteiger partial charge in [-0.1, -0.05) is 30.3 Å². The third-order valence-electron chi connectivity index (χ3n) is 4.83. The highest BCUT2D eigenvalue weighted by atomic mass is 32.7. The summed E-state index contributed by atoms with van der Waals surface area (Å²) in [5.74, 6) is 3.13. The molecule has 0 aliphatic rings. The van der Waals surface area contributed by atoms with Gasteiger partial charge in [0.25, 0.3) is 0 Å².